The van der Waals surface area contributed by atoms with Crippen molar-refractivity contribution >= 4 is 0 Å². The molecule has 0 fully saturated rings. The lowest BCUT2D eigenvalue weighted by Crippen LogP contribution is -2.29. The molecule has 2 heterocycles. The van der Waals surface area contributed by atoms with Crippen LogP contribution < -0.4 is 11.3 Å². The largest absolute Gasteiger partial charge is 0.271 e. The summed E-state index contributed by atoms with van der Waals surface area (Å²) in [5.41, 5.74) is 3.70. The van der Waals surface area contributed by atoms with Gasteiger partial charge < -0.3 is 0 Å². The molecule has 0 radical (unpaired) electrons. The molecular formula is C10H10FN5. The number of aromatic nitrogens is 3. The summed E-state index contributed by atoms with van der Waals surface area (Å²) in [6.07, 6.45) is 5.72. The molecule has 0 amide bonds. The third-order valence-electron chi connectivity index (χ3n) is 2.22. The Morgan fingerprint density at radius 1 is 1.19 bits per heavy atom. The van der Waals surface area contributed by atoms with E-state index in [1.807, 2.05) is 0 Å². The number of nitrogens with zero attached hydrogens (tertiary/aromatic N) is 3. The molecule has 3 N–H and O–H groups in total. The van der Waals surface area contributed by atoms with Crippen molar-refractivity contribution in [2.75, 3.05) is 0 Å². The van der Waals surface area contributed by atoms with Gasteiger partial charge in [-0.1, -0.05) is 0 Å². The second kappa shape index (κ2) is 4.73. The number of hydrogen-bond donors (Lipinski definition) is 2. The quantitative estimate of drug-likeness (QED) is 0.582. The minimum Gasteiger partial charge on any atom is -0.271 e. The first-order valence-electron chi connectivity index (χ1n) is 4.65. The average molecular weight is 219 g/mol. The van der Waals surface area contributed by atoms with E-state index in [0.29, 0.717) is 5.56 Å². The zero-order valence-electron chi connectivity index (χ0n) is 8.34. The highest BCUT2D eigenvalue weighted by molar-refractivity contribution is 5.28. The molecule has 0 saturated heterocycles. The van der Waals surface area contributed by atoms with Gasteiger partial charge in [-0.25, -0.2) is 9.82 Å². The van der Waals surface area contributed by atoms with E-state index in [4.69, 9.17) is 5.84 Å². The van der Waals surface area contributed by atoms with Gasteiger partial charge in [-0.05, 0) is 17.7 Å². The topological polar surface area (TPSA) is 76.7 Å². The third-order valence-corrected chi connectivity index (χ3v) is 2.22. The van der Waals surface area contributed by atoms with Crippen LogP contribution in [0.1, 0.15) is 17.2 Å². The Bertz CT molecular complexity index is 462. The van der Waals surface area contributed by atoms with Crippen LogP contribution in [0, 0.1) is 5.82 Å². The Hall–Kier alpha value is -1.92. The standard InChI is InChI=1S/C10H10FN5/c11-9-6-13-3-2-8(9)10(16-12)7-1-4-14-15-5-7/h1-6,10,16H,12H2. The molecule has 2 rings (SSSR count). The Morgan fingerprint density at radius 3 is 2.69 bits per heavy atom. The van der Waals surface area contributed by atoms with Crippen LogP contribution in [0.5, 0.6) is 0 Å². The van der Waals surface area contributed by atoms with Gasteiger partial charge in [-0.3, -0.25) is 10.8 Å². The monoisotopic (exact) mass is 219 g/mol. The van der Waals surface area contributed by atoms with Crippen LogP contribution >= 0.6 is 0 Å². The lowest BCUT2D eigenvalue weighted by atomic mass is 10.0. The first-order valence-corrected chi connectivity index (χ1v) is 4.65. The van der Waals surface area contributed by atoms with E-state index < -0.39 is 11.9 Å². The highest BCUT2D eigenvalue weighted by Crippen LogP contribution is 2.21. The van der Waals surface area contributed by atoms with E-state index in [2.05, 4.69) is 20.6 Å². The molecule has 0 bridgehead atoms. The lowest BCUT2D eigenvalue weighted by molar-refractivity contribution is 0.554. The third kappa shape index (κ3) is 2.02. The van der Waals surface area contributed by atoms with E-state index in [1.165, 1.54) is 18.6 Å². The van der Waals surface area contributed by atoms with Crippen LogP contribution in [0.15, 0.2) is 36.9 Å². The highest BCUT2D eigenvalue weighted by Gasteiger charge is 2.16. The van der Waals surface area contributed by atoms with Gasteiger partial charge in [0.2, 0.25) is 0 Å². The maximum Gasteiger partial charge on any atom is 0.146 e. The van der Waals surface area contributed by atoms with Gasteiger partial charge in [-0.2, -0.15) is 10.2 Å². The van der Waals surface area contributed by atoms with Gasteiger partial charge in [0.1, 0.15) is 5.82 Å². The molecule has 0 aliphatic heterocycles. The Morgan fingerprint density at radius 2 is 2.06 bits per heavy atom. The second-order valence-corrected chi connectivity index (χ2v) is 3.17. The van der Waals surface area contributed by atoms with Crippen molar-refractivity contribution in [2.24, 2.45) is 5.84 Å². The molecule has 1 unspecified atom stereocenters. The van der Waals surface area contributed by atoms with Crippen LogP contribution in [0.3, 0.4) is 0 Å². The fourth-order valence-electron chi connectivity index (χ4n) is 1.46. The van der Waals surface area contributed by atoms with Gasteiger partial charge in [-0.15, -0.1) is 0 Å². The summed E-state index contributed by atoms with van der Waals surface area (Å²) in [5, 5.41) is 7.38. The van der Waals surface area contributed by atoms with Crippen LogP contribution in [0.4, 0.5) is 4.39 Å². The fourth-order valence-corrected chi connectivity index (χ4v) is 1.46. The minimum atomic E-state index is -0.460. The van der Waals surface area contributed by atoms with Crippen LogP contribution in [0.2, 0.25) is 0 Å². The van der Waals surface area contributed by atoms with E-state index in [0.717, 1.165) is 11.8 Å². The molecule has 2 aromatic rings. The van der Waals surface area contributed by atoms with Gasteiger partial charge in [0.15, 0.2) is 0 Å². The van der Waals surface area contributed by atoms with Crippen molar-refractivity contribution in [3.05, 3.63) is 53.9 Å². The summed E-state index contributed by atoms with van der Waals surface area (Å²) in [7, 11) is 0. The SMILES string of the molecule is NNC(c1ccnnc1)c1ccncc1F. The second-order valence-electron chi connectivity index (χ2n) is 3.17. The summed E-state index contributed by atoms with van der Waals surface area (Å²) in [6.45, 7) is 0. The molecule has 6 heteroatoms. The van der Waals surface area contributed by atoms with E-state index in [1.54, 1.807) is 12.1 Å². The van der Waals surface area contributed by atoms with Gasteiger partial charge >= 0.3 is 0 Å². The smallest absolute Gasteiger partial charge is 0.146 e. The molecule has 0 aliphatic carbocycles. The molecule has 5 nitrogen and oxygen atoms in total. The average Bonchev–Trinajstić information content (AvgIpc) is 2.34. The first kappa shape index (κ1) is 10.6. The molecular weight excluding hydrogens is 209 g/mol. The minimum absolute atomic E-state index is 0.415. The Kier molecular flexibility index (Phi) is 3.13. The van der Waals surface area contributed by atoms with Crippen molar-refractivity contribution in [3.63, 3.8) is 0 Å². The normalized spacial score (nSPS) is 12.4. The molecule has 82 valence electrons. The molecule has 2 aromatic heterocycles. The zero-order valence-corrected chi connectivity index (χ0v) is 8.34. The van der Waals surface area contributed by atoms with E-state index in [9.17, 15) is 4.39 Å². The summed E-state index contributed by atoms with van der Waals surface area (Å²) in [6, 6.07) is 2.83. The summed E-state index contributed by atoms with van der Waals surface area (Å²) in [4.78, 5) is 3.68. The van der Waals surface area contributed by atoms with Crippen molar-refractivity contribution in [2.45, 2.75) is 6.04 Å². The molecule has 16 heavy (non-hydrogen) atoms. The maximum absolute atomic E-state index is 13.5. The van der Waals surface area contributed by atoms with E-state index in [-0.39, 0.29) is 0 Å². The lowest BCUT2D eigenvalue weighted by Gasteiger charge is -2.16. The highest BCUT2D eigenvalue weighted by atomic mass is 19.1. The molecule has 1 atom stereocenters. The van der Waals surface area contributed by atoms with E-state index >= 15 is 0 Å². The molecule has 0 saturated carbocycles. The maximum atomic E-state index is 13.5. The first-order chi connectivity index (χ1) is 7.83. The molecule has 0 aromatic carbocycles. The number of hydrazine groups is 1. The number of pyridine rings is 1. The fraction of sp³-hybridized carbons (Fsp3) is 0.100. The predicted molar refractivity (Wildman–Crippen MR) is 55.4 cm³/mol. The summed E-state index contributed by atoms with van der Waals surface area (Å²) >= 11 is 0. The number of halogens is 1. The number of nitrogens with one attached hydrogen (secondary N) is 1. The van der Waals surface area contributed by atoms with Crippen LogP contribution in [-0.2, 0) is 0 Å². The number of rotatable bonds is 3. The van der Waals surface area contributed by atoms with Crippen molar-refractivity contribution in [3.8, 4) is 0 Å². The zero-order chi connectivity index (χ0) is 11.4. The molecule has 0 aliphatic rings. The van der Waals surface area contributed by atoms with Crippen LogP contribution in [0.25, 0.3) is 0 Å². The van der Waals surface area contributed by atoms with Crippen molar-refractivity contribution < 1.29 is 4.39 Å². The molecule has 0 spiro atoms. The predicted octanol–water partition coefficient (Wildman–Crippen LogP) is 0.563. The summed E-state index contributed by atoms with van der Waals surface area (Å²) < 4.78 is 13.5. The van der Waals surface area contributed by atoms with Gasteiger partial charge in [0, 0.05) is 18.0 Å². The van der Waals surface area contributed by atoms with Gasteiger partial charge in [0.05, 0.1) is 18.4 Å². The summed E-state index contributed by atoms with van der Waals surface area (Å²) in [5.74, 6) is 5.01. The van der Waals surface area contributed by atoms with Crippen LogP contribution in [-0.4, -0.2) is 15.2 Å². The Balaban J connectivity index is 2.41. The number of nitrogens with two attached hydrogens (primary N) is 1. The van der Waals surface area contributed by atoms with Crippen molar-refractivity contribution in [1.29, 1.82) is 0 Å². The van der Waals surface area contributed by atoms with Gasteiger partial charge in [0.25, 0.3) is 0 Å². The van der Waals surface area contributed by atoms with Crippen molar-refractivity contribution in [1.82, 2.24) is 20.6 Å². The Labute approximate surface area is 91.5 Å². The number of hydrogen-bond acceptors (Lipinski definition) is 5.